The Morgan fingerprint density at radius 2 is 1.58 bits per heavy atom. The van der Waals surface area contributed by atoms with Crippen LogP contribution in [-0.4, -0.2) is 29.3 Å². The highest BCUT2D eigenvalue weighted by Gasteiger charge is 2.56. The number of carbonyl (C=O) groups excluding carboxylic acids is 2. The smallest absolute Gasteiger partial charge is 0.247 e. The monoisotopic (exact) mass is 352 g/mol. The minimum atomic E-state index is -0.296. The molecule has 1 aromatic carbocycles. The highest BCUT2D eigenvalue weighted by atomic mass is 16.2. The fourth-order valence-corrected chi connectivity index (χ4v) is 6.71. The second-order valence-electron chi connectivity index (χ2n) is 9.21. The number of benzene rings is 1. The molecule has 2 amide bonds. The lowest BCUT2D eigenvalue weighted by atomic mass is 9.49. The molecule has 0 unspecified atom stereocenters. The predicted molar refractivity (Wildman–Crippen MR) is 100 cm³/mol. The van der Waals surface area contributed by atoms with Crippen molar-refractivity contribution in [2.45, 2.75) is 57.4 Å². The normalized spacial score (nSPS) is 37.8. The van der Waals surface area contributed by atoms with Crippen LogP contribution in [-0.2, 0) is 9.59 Å². The Labute approximate surface area is 155 Å². The fraction of sp³-hybridized carbons (Fsp3) is 0.636. The van der Waals surface area contributed by atoms with Gasteiger partial charge >= 0.3 is 0 Å². The number of anilines is 1. The molecule has 4 heteroatoms. The number of likely N-dealkylation sites (tertiary alicyclic amines) is 1. The molecule has 1 heterocycles. The molecular formula is C22H28N2O2. The number of hydrogen-bond donors (Lipinski definition) is 1. The van der Waals surface area contributed by atoms with Gasteiger partial charge in [-0.2, -0.15) is 0 Å². The first-order valence-corrected chi connectivity index (χ1v) is 10.3. The van der Waals surface area contributed by atoms with Gasteiger partial charge in [-0.3, -0.25) is 9.59 Å². The van der Waals surface area contributed by atoms with Crippen molar-refractivity contribution in [3.05, 3.63) is 30.3 Å². The predicted octanol–water partition coefficient (Wildman–Crippen LogP) is 3.83. The van der Waals surface area contributed by atoms with Gasteiger partial charge in [-0.1, -0.05) is 18.2 Å². The largest absolute Gasteiger partial charge is 0.330 e. The Balaban J connectivity index is 1.34. The van der Waals surface area contributed by atoms with Crippen LogP contribution in [0.2, 0.25) is 0 Å². The van der Waals surface area contributed by atoms with E-state index in [1.54, 1.807) is 0 Å². The lowest BCUT2D eigenvalue weighted by Gasteiger charge is -2.56. The molecular weight excluding hydrogens is 324 g/mol. The first-order valence-electron chi connectivity index (χ1n) is 10.3. The van der Waals surface area contributed by atoms with Crippen LogP contribution in [0.4, 0.5) is 5.69 Å². The summed E-state index contributed by atoms with van der Waals surface area (Å²) in [5.41, 5.74) is 0.663. The van der Waals surface area contributed by atoms with Crippen molar-refractivity contribution in [3.8, 4) is 0 Å². The van der Waals surface area contributed by atoms with Gasteiger partial charge in [0.15, 0.2) is 0 Å². The molecule has 26 heavy (non-hydrogen) atoms. The van der Waals surface area contributed by atoms with E-state index in [1.807, 2.05) is 35.2 Å². The highest BCUT2D eigenvalue weighted by molar-refractivity contribution is 5.98. The van der Waals surface area contributed by atoms with Crippen molar-refractivity contribution in [3.63, 3.8) is 0 Å². The van der Waals surface area contributed by atoms with E-state index >= 15 is 0 Å². The highest BCUT2D eigenvalue weighted by Crippen LogP contribution is 2.60. The minimum Gasteiger partial charge on any atom is -0.330 e. The molecule has 1 saturated heterocycles. The molecule has 6 rings (SSSR count). The van der Waals surface area contributed by atoms with Crippen molar-refractivity contribution < 1.29 is 9.59 Å². The van der Waals surface area contributed by atoms with Crippen molar-refractivity contribution in [1.29, 1.82) is 0 Å². The number of nitrogens with zero attached hydrogens (tertiary/aromatic N) is 1. The van der Waals surface area contributed by atoms with E-state index in [1.165, 1.54) is 19.3 Å². The molecule has 4 nitrogen and oxygen atoms in total. The molecule has 4 bridgehead atoms. The third-order valence-corrected chi connectivity index (χ3v) is 7.35. The Hall–Kier alpha value is -1.84. The molecule has 0 aromatic heterocycles. The van der Waals surface area contributed by atoms with Crippen LogP contribution < -0.4 is 5.32 Å². The van der Waals surface area contributed by atoms with Crippen LogP contribution in [0, 0.1) is 23.2 Å². The Morgan fingerprint density at radius 1 is 0.962 bits per heavy atom. The van der Waals surface area contributed by atoms with Crippen molar-refractivity contribution in [2.75, 3.05) is 11.9 Å². The van der Waals surface area contributed by atoms with E-state index in [9.17, 15) is 9.59 Å². The summed E-state index contributed by atoms with van der Waals surface area (Å²) in [5.74, 6) is 2.53. The first kappa shape index (κ1) is 16.3. The fourth-order valence-electron chi connectivity index (χ4n) is 6.71. The maximum atomic E-state index is 13.6. The standard InChI is InChI=1S/C22H28N2O2/c25-20(23-18-5-2-1-3-6-18)19-7-4-8-24(19)21(26)22-12-15-9-16(13-22)11-17(10-15)14-22/h1-3,5-6,15-17,19H,4,7-14H2,(H,23,25)/t15?,16?,17?,19-,22?/m0/s1. The van der Waals surface area contributed by atoms with Gasteiger partial charge < -0.3 is 10.2 Å². The summed E-state index contributed by atoms with van der Waals surface area (Å²) in [6, 6.07) is 9.28. The van der Waals surface area contributed by atoms with Gasteiger partial charge in [0, 0.05) is 12.2 Å². The average Bonchev–Trinajstić information content (AvgIpc) is 3.10. The third kappa shape index (κ3) is 2.65. The zero-order valence-electron chi connectivity index (χ0n) is 15.3. The second-order valence-corrected chi connectivity index (χ2v) is 9.21. The zero-order chi connectivity index (χ0) is 17.7. The lowest BCUT2D eigenvalue weighted by Crippen LogP contribution is -2.56. The van der Waals surface area contributed by atoms with Crippen LogP contribution in [0.3, 0.4) is 0 Å². The van der Waals surface area contributed by atoms with Gasteiger partial charge in [0.2, 0.25) is 11.8 Å². The molecule has 1 atom stereocenters. The van der Waals surface area contributed by atoms with E-state index < -0.39 is 0 Å². The van der Waals surface area contributed by atoms with Crippen LogP contribution >= 0.6 is 0 Å². The Morgan fingerprint density at radius 3 is 2.19 bits per heavy atom. The van der Waals surface area contributed by atoms with Crippen molar-refractivity contribution in [1.82, 2.24) is 4.90 Å². The molecule has 138 valence electrons. The Kier molecular flexibility index (Phi) is 3.84. The summed E-state index contributed by atoms with van der Waals surface area (Å²) in [6.45, 7) is 0.744. The molecule has 0 radical (unpaired) electrons. The van der Waals surface area contributed by atoms with Gasteiger partial charge in [-0.25, -0.2) is 0 Å². The number of para-hydroxylation sites is 1. The van der Waals surface area contributed by atoms with Gasteiger partial charge in [-0.05, 0) is 81.3 Å². The lowest BCUT2D eigenvalue weighted by molar-refractivity contribution is -0.160. The van der Waals surface area contributed by atoms with Crippen LogP contribution in [0.1, 0.15) is 51.4 Å². The molecule has 1 aliphatic heterocycles. The summed E-state index contributed by atoms with van der Waals surface area (Å²) in [7, 11) is 0. The molecule has 5 fully saturated rings. The van der Waals surface area contributed by atoms with E-state index in [2.05, 4.69) is 5.32 Å². The number of hydrogen-bond acceptors (Lipinski definition) is 2. The maximum Gasteiger partial charge on any atom is 0.247 e. The van der Waals surface area contributed by atoms with E-state index in [4.69, 9.17) is 0 Å². The quantitative estimate of drug-likeness (QED) is 0.899. The molecule has 1 N–H and O–H groups in total. The SMILES string of the molecule is O=C(Nc1ccccc1)[C@@H]1CCCN1C(=O)C12CC3CC(CC(C3)C1)C2. The van der Waals surface area contributed by atoms with Gasteiger partial charge in [0.1, 0.15) is 6.04 Å². The maximum absolute atomic E-state index is 13.6. The summed E-state index contributed by atoms with van der Waals surface area (Å²) in [4.78, 5) is 28.4. The van der Waals surface area contributed by atoms with Crippen LogP contribution in [0.15, 0.2) is 30.3 Å². The van der Waals surface area contributed by atoms with E-state index in [-0.39, 0.29) is 17.4 Å². The molecule has 4 saturated carbocycles. The van der Waals surface area contributed by atoms with Gasteiger partial charge in [-0.15, -0.1) is 0 Å². The van der Waals surface area contributed by atoms with Crippen LogP contribution in [0.5, 0.6) is 0 Å². The number of nitrogens with one attached hydrogen (secondary N) is 1. The first-order chi connectivity index (χ1) is 12.6. The molecule has 0 spiro atoms. The summed E-state index contributed by atoms with van der Waals surface area (Å²) >= 11 is 0. The topological polar surface area (TPSA) is 49.4 Å². The minimum absolute atomic E-state index is 0.0215. The Bertz CT molecular complexity index is 679. The summed E-state index contributed by atoms with van der Waals surface area (Å²) < 4.78 is 0. The number of rotatable bonds is 3. The zero-order valence-corrected chi connectivity index (χ0v) is 15.3. The molecule has 5 aliphatic rings. The van der Waals surface area contributed by atoms with E-state index in [0.717, 1.165) is 62.1 Å². The average molecular weight is 352 g/mol. The summed E-state index contributed by atoms with van der Waals surface area (Å²) in [5, 5.41) is 3.01. The van der Waals surface area contributed by atoms with E-state index in [0.29, 0.717) is 5.91 Å². The number of carbonyl (C=O) groups is 2. The molecule has 1 aromatic rings. The molecule has 4 aliphatic carbocycles. The second kappa shape index (κ2) is 6.11. The number of amides is 2. The van der Waals surface area contributed by atoms with Gasteiger partial charge in [0.25, 0.3) is 0 Å². The van der Waals surface area contributed by atoms with Crippen molar-refractivity contribution >= 4 is 17.5 Å². The van der Waals surface area contributed by atoms with Crippen LogP contribution in [0.25, 0.3) is 0 Å². The van der Waals surface area contributed by atoms with Crippen molar-refractivity contribution in [2.24, 2.45) is 23.2 Å². The van der Waals surface area contributed by atoms with Gasteiger partial charge in [0.05, 0.1) is 5.41 Å². The summed E-state index contributed by atoms with van der Waals surface area (Å²) in [6.07, 6.45) is 8.95. The third-order valence-electron chi connectivity index (χ3n) is 7.35.